The van der Waals surface area contributed by atoms with E-state index in [1.54, 1.807) is 11.8 Å². The van der Waals surface area contributed by atoms with Gasteiger partial charge in [-0.15, -0.1) is 0 Å². The van der Waals surface area contributed by atoms with E-state index in [9.17, 15) is 14.7 Å². The predicted molar refractivity (Wildman–Crippen MR) is 90.1 cm³/mol. The molecule has 1 fully saturated rings. The Labute approximate surface area is 146 Å². The molecule has 1 saturated heterocycles. The van der Waals surface area contributed by atoms with Crippen molar-refractivity contribution < 1.29 is 24.0 Å². The molecule has 3 N–H and O–H groups in total. The number of aliphatic hydroxyl groups is 1. The third-order valence-corrected chi connectivity index (χ3v) is 4.11. The number of carbonyl (C=O) groups is 2. The normalized spacial score (nSPS) is 18.4. The lowest BCUT2D eigenvalue weighted by Gasteiger charge is -2.41. The van der Waals surface area contributed by atoms with Gasteiger partial charge in [-0.2, -0.15) is 0 Å². The SMILES string of the molecule is CC(NC(=O)Nc1ccon1)C1(O)CCN(C(=O)OC(C)(C)C)CC1. The zero-order chi connectivity index (χ0) is 18.7. The molecule has 25 heavy (non-hydrogen) atoms. The first-order valence-electron chi connectivity index (χ1n) is 8.27. The van der Waals surface area contributed by atoms with Crippen molar-refractivity contribution in [3.63, 3.8) is 0 Å². The van der Waals surface area contributed by atoms with Crippen molar-refractivity contribution in [1.82, 2.24) is 15.4 Å². The van der Waals surface area contributed by atoms with Crippen molar-refractivity contribution >= 4 is 17.9 Å². The van der Waals surface area contributed by atoms with Crippen molar-refractivity contribution in [3.8, 4) is 0 Å². The first-order valence-corrected chi connectivity index (χ1v) is 8.27. The van der Waals surface area contributed by atoms with E-state index in [0.717, 1.165) is 0 Å². The van der Waals surface area contributed by atoms with E-state index >= 15 is 0 Å². The van der Waals surface area contributed by atoms with E-state index in [1.165, 1.54) is 12.3 Å². The number of rotatable bonds is 3. The monoisotopic (exact) mass is 354 g/mol. The van der Waals surface area contributed by atoms with Gasteiger partial charge in [-0.1, -0.05) is 5.16 Å². The molecule has 0 spiro atoms. The van der Waals surface area contributed by atoms with Crippen LogP contribution in [0.15, 0.2) is 16.9 Å². The minimum absolute atomic E-state index is 0.288. The molecule has 0 bridgehead atoms. The number of aromatic nitrogens is 1. The molecule has 9 heteroatoms. The van der Waals surface area contributed by atoms with Gasteiger partial charge in [0.05, 0.1) is 11.6 Å². The molecule has 1 aliphatic rings. The molecule has 1 atom stereocenters. The summed E-state index contributed by atoms with van der Waals surface area (Å²) in [5, 5.41) is 19.6. The fraction of sp³-hybridized carbons (Fsp3) is 0.688. The van der Waals surface area contributed by atoms with Crippen LogP contribution >= 0.6 is 0 Å². The van der Waals surface area contributed by atoms with E-state index in [-0.39, 0.29) is 11.9 Å². The van der Waals surface area contributed by atoms with Gasteiger partial charge in [-0.05, 0) is 40.5 Å². The van der Waals surface area contributed by atoms with E-state index in [4.69, 9.17) is 4.74 Å². The molecule has 1 aliphatic heterocycles. The van der Waals surface area contributed by atoms with Crippen LogP contribution in [-0.4, -0.2) is 57.6 Å². The Balaban J connectivity index is 1.84. The lowest BCUT2D eigenvalue weighted by Crippen LogP contribution is -2.58. The van der Waals surface area contributed by atoms with Crippen LogP contribution in [0.1, 0.15) is 40.5 Å². The van der Waals surface area contributed by atoms with Gasteiger partial charge < -0.3 is 24.6 Å². The standard InChI is InChI=1S/C16H26N4O5/c1-11(17-13(21)18-12-5-10-24-19-12)16(23)6-8-20(9-7-16)14(22)25-15(2,3)4/h5,10-11,23H,6-9H2,1-4H3,(H2,17,18,19,21). The Kier molecular flexibility index (Phi) is 5.56. The molecule has 1 unspecified atom stereocenters. The van der Waals surface area contributed by atoms with Gasteiger partial charge in [0.25, 0.3) is 0 Å². The van der Waals surface area contributed by atoms with Gasteiger partial charge in [0, 0.05) is 19.2 Å². The van der Waals surface area contributed by atoms with E-state index in [1.807, 2.05) is 20.8 Å². The Morgan fingerprint density at radius 3 is 2.56 bits per heavy atom. The number of piperidine rings is 1. The molecule has 2 rings (SSSR count). The van der Waals surface area contributed by atoms with Gasteiger partial charge in [0.1, 0.15) is 11.9 Å². The first kappa shape index (κ1) is 19.0. The number of carbonyl (C=O) groups excluding carboxylic acids is 2. The number of urea groups is 1. The highest BCUT2D eigenvalue weighted by molar-refractivity contribution is 5.88. The number of hydrogen-bond donors (Lipinski definition) is 3. The minimum atomic E-state index is -1.10. The zero-order valence-corrected chi connectivity index (χ0v) is 15.0. The molecular weight excluding hydrogens is 328 g/mol. The largest absolute Gasteiger partial charge is 0.444 e. The van der Waals surface area contributed by atoms with Gasteiger partial charge in [-0.3, -0.25) is 5.32 Å². The molecule has 0 saturated carbocycles. The summed E-state index contributed by atoms with van der Waals surface area (Å²) in [6.45, 7) is 7.89. The highest BCUT2D eigenvalue weighted by atomic mass is 16.6. The van der Waals surface area contributed by atoms with Crippen molar-refractivity contribution in [2.45, 2.75) is 57.8 Å². The second kappa shape index (κ2) is 7.30. The third kappa shape index (κ3) is 5.35. The van der Waals surface area contributed by atoms with Crippen molar-refractivity contribution in [1.29, 1.82) is 0 Å². The maximum Gasteiger partial charge on any atom is 0.410 e. The Bertz CT molecular complexity index is 588. The fourth-order valence-electron chi connectivity index (χ4n) is 2.60. The van der Waals surface area contributed by atoms with E-state index in [2.05, 4.69) is 20.3 Å². The van der Waals surface area contributed by atoms with Crippen LogP contribution in [0.2, 0.25) is 0 Å². The number of hydrogen-bond acceptors (Lipinski definition) is 6. The smallest absolute Gasteiger partial charge is 0.410 e. The summed E-state index contributed by atoms with van der Waals surface area (Å²) in [5.41, 5.74) is -1.65. The molecule has 0 aliphatic carbocycles. The van der Waals surface area contributed by atoms with Crippen LogP contribution in [-0.2, 0) is 4.74 Å². The molecule has 1 aromatic heterocycles. The predicted octanol–water partition coefficient (Wildman–Crippen LogP) is 1.95. The molecule has 9 nitrogen and oxygen atoms in total. The number of amides is 3. The zero-order valence-electron chi connectivity index (χ0n) is 15.0. The molecular formula is C16H26N4O5. The molecule has 1 aromatic rings. The quantitative estimate of drug-likeness (QED) is 0.764. The third-order valence-electron chi connectivity index (χ3n) is 4.11. The number of likely N-dealkylation sites (tertiary alicyclic amines) is 1. The highest BCUT2D eigenvalue weighted by Crippen LogP contribution is 2.27. The van der Waals surface area contributed by atoms with Crippen molar-refractivity contribution in [2.75, 3.05) is 18.4 Å². The summed E-state index contributed by atoms with van der Waals surface area (Å²) in [4.78, 5) is 25.6. The Hall–Kier alpha value is -2.29. The fourth-order valence-corrected chi connectivity index (χ4v) is 2.60. The number of anilines is 1. The average Bonchev–Trinajstić information content (AvgIpc) is 2.98. The van der Waals surface area contributed by atoms with Crippen molar-refractivity contribution in [3.05, 3.63) is 12.3 Å². The van der Waals surface area contributed by atoms with Crippen LogP contribution in [0, 0.1) is 0 Å². The van der Waals surface area contributed by atoms with E-state index in [0.29, 0.717) is 25.9 Å². The second-order valence-electron chi connectivity index (χ2n) is 7.28. The average molecular weight is 354 g/mol. The summed E-state index contributed by atoms with van der Waals surface area (Å²) in [7, 11) is 0. The Morgan fingerprint density at radius 2 is 2.04 bits per heavy atom. The van der Waals surface area contributed by atoms with Gasteiger partial charge in [0.15, 0.2) is 5.82 Å². The van der Waals surface area contributed by atoms with Gasteiger partial charge in [0.2, 0.25) is 0 Å². The molecule has 0 radical (unpaired) electrons. The number of nitrogens with zero attached hydrogens (tertiary/aromatic N) is 2. The maximum absolute atomic E-state index is 12.1. The summed E-state index contributed by atoms with van der Waals surface area (Å²) in [6, 6.07) is 0.530. The molecule has 140 valence electrons. The molecule has 3 amide bonds. The molecule has 0 aromatic carbocycles. The number of nitrogens with one attached hydrogen (secondary N) is 2. The van der Waals surface area contributed by atoms with Crippen LogP contribution in [0.5, 0.6) is 0 Å². The lowest BCUT2D eigenvalue weighted by molar-refractivity contribution is -0.0482. The summed E-state index contributed by atoms with van der Waals surface area (Å²) in [6.07, 6.45) is 1.65. The van der Waals surface area contributed by atoms with Crippen LogP contribution in [0.25, 0.3) is 0 Å². The first-order chi connectivity index (χ1) is 11.6. The summed E-state index contributed by atoms with van der Waals surface area (Å²) < 4.78 is 9.97. The maximum atomic E-state index is 12.1. The second-order valence-corrected chi connectivity index (χ2v) is 7.28. The minimum Gasteiger partial charge on any atom is -0.444 e. The van der Waals surface area contributed by atoms with Gasteiger partial charge >= 0.3 is 12.1 Å². The highest BCUT2D eigenvalue weighted by Gasteiger charge is 2.40. The molecule has 2 heterocycles. The van der Waals surface area contributed by atoms with Crippen molar-refractivity contribution in [2.24, 2.45) is 0 Å². The topological polar surface area (TPSA) is 117 Å². The number of ether oxygens (including phenoxy) is 1. The Morgan fingerprint density at radius 1 is 1.40 bits per heavy atom. The van der Waals surface area contributed by atoms with Gasteiger partial charge in [-0.25, -0.2) is 9.59 Å². The summed E-state index contributed by atoms with van der Waals surface area (Å²) in [5.74, 6) is 0.288. The summed E-state index contributed by atoms with van der Waals surface area (Å²) >= 11 is 0. The van der Waals surface area contributed by atoms with Crippen LogP contribution < -0.4 is 10.6 Å². The lowest BCUT2D eigenvalue weighted by atomic mass is 9.85. The van der Waals surface area contributed by atoms with Crippen LogP contribution in [0.3, 0.4) is 0 Å². The van der Waals surface area contributed by atoms with Crippen LogP contribution in [0.4, 0.5) is 15.4 Å². The van der Waals surface area contributed by atoms with E-state index < -0.39 is 23.3 Å².